The molecule has 0 aliphatic rings. The number of benzene rings is 2. The second-order valence-corrected chi connectivity index (χ2v) is 9.25. The average molecular weight is 510 g/mol. The van der Waals surface area contributed by atoms with Gasteiger partial charge in [0.05, 0.1) is 0 Å². The van der Waals surface area contributed by atoms with Crippen molar-refractivity contribution < 1.29 is 24.2 Å². The molecule has 190 valence electrons. The van der Waals surface area contributed by atoms with E-state index in [-0.39, 0.29) is 18.4 Å². The highest BCUT2D eigenvalue weighted by Gasteiger charge is 2.22. The molecule has 0 fully saturated rings. The van der Waals surface area contributed by atoms with Gasteiger partial charge in [-0.2, -0.15) is 0 Å². The van der Waals surface area contributed by atoms with E-state index in [1.165, 1.54) is 18.3 Å². The number of alkyl carbamates (subject to hydrolysis) is 1. The third-order valence-electron chi connectivity index (χ3n) is 5.42. The van der Waals surface area contributed by atoms with Crippen molar-refractivity contribution in [3.05, 3.63) is 88.1 Å². The molecule has 1 aromatic heterocycles. The van der Waals surface area contributed by atoms with Crippen molar-refractivity contribution in [2.75, 3.05) is 11.9 Å². The first kappa shape index (κ1) is 26.9. The molecule has 3 aromatic rings. The van der Waals surface area contributed by atoms with Gasteiger partial charge < -0.3 is 25.8 Å². The molecule has 36 heavy (non-hydrogen) atoms. The lowest BCUT2D eigenvalue weighted by molar-refractivity contribution is -0.119. The zero-order valence-corrected chi connectivity index (χ0v) is 20.9. The van der Waals surface area contributed by atoms with E-state index in [0.717, 1.165) is 10.4 Å². The Morgan fingerprint density at radius 3 is 2.39 bits per heavy atom. The van der Waals surface area contributed by atoms with Gasteiger partial charge in [-0.1, -0.05) is 48.5 Å². The molecule has 2 aromatic carbocycles. The zero-order valence-electron chi connectivity index (χ0n) is 20.1. The Morgan fingerprint density at radius 2 is 1.72 bits per heavy atom. The average Bonchev–Trinajstić information content (AvgIpc) is 3.42. The Kier molecular flexibility index (Phi) is 10.5. The van der Waals surface area contributed by atoms with E-state index in [1.54, 1.807) is 24.3 Å². The van der Waals surface area contributed by atoms with Crippen molar-refractivity contribution in [1.29, 1.82) is 0 Å². The summed E-state index contributed by atoms with van der Waals surface area (Å²) in [6.07, 6.45) is 0.242. The summed E-state index contributed by atoms with van der Waals surface area (Å²) in [5.41, 5.74) is 2.10. The lowest BCUT2D eigenvalue weighted by atomic mass is 10.1. The molecule has 3 rings (SSSR count). The molecule has 0 aliphatic carbocycles. The molecule has 2 atom stereocenters. The molecular weight excluding hydrogens is 478 g/mol. The SMILES string of the molecule is CC(=O)NCCCC[C@H](NC(=O)OCc1ccccc1)C(=O)Nc1ccc(C(O)c2cccs2)cc1. The summed E-state index contributed by atoms with van der Waals surface area (Å²) in [5.74, 6) is -0.489. The maximum atomic E-state index is 13.0. The van der Waals surface area contributed by atoms with Crippen molar-refractivity contribution in [3.8, 4) is 0 Å². The van der Waals surface area contributed by atoms with Crippen LogP contribution in [-0.4, -0.2) is 35.6 Å². The molecule has 8 nitrogen and oxygen atoms in total. The first-order valence-corrected chi connectivity index (χ1v) is 12.6. The summed E-state index contributed by atoms with van der Waals surface area (Å²) in [7, 11) is 0. The van der Waals surface area contributed by atoms with Gasteiger partial charge in [0.2, 0.25) is 11.8 Å². The van der Waals surface area contributed by atoms with E-state index >= 15 is 0 Å². The van der Waals surface area contributed by atoms with Crippen LogP contribution in [0.2, 0.25) is 0 Å². The second-order valence-electron chi connectivity index (χ2n) is 8.27. The summed E-state index contributed by atoms with van der Waals surface area (Å²) >= 11 is 1.47. The molecule has 1 unspecified atom stereocenters. The zero-order chi connectivity index (χ0) is 25.8. The Labute approximate surface area is 214 Å². The van der Waals surface area contributed by atoms with Gasteiger partial charge in [0.1, 0.15) is 18.8 Å². The van der Waals surface area contributed by atoms with Crippen LogP contribution in [0.4, 0.5) is 10.5 Å². The lowest BCUT2D eigenvalue weighted by Gasteiger charge is -2.19. The predicted molar refractivity (Wildman–Crippen MR) is 140 cm³/mol. The number of anilines is 1. The number of nitrogens with one attached hydrogen (secondary N) is 3. The second kappa shape index (κ2) is 14.0. The van der Waals surface area contributed by atoms with Crippen molar-refractivity contribution in [2.24, 2.45) is 0 Å². The van der Waals surface area contributed by atoms with Gasteiger partial charge in [0.15, 0.2) is 0 Å². The number of aliphatic hydroxyl groups excluding tert-OH is 1. The van der Waals surface area contributed by atoms with Crippen molar-refractivity contribution in [2.45, 2.75) is 44.9 Å². The summed E-state index contributed by atoms with van der Waals surface area (Å²) in [5, 5.41) is 20.6. The van der Waals surface area contributed by atoms with Gasteiger partial charge in [-0.25, -0.2) is 4.79 Å². The minimum absolute atomic E-state index is 0.0948. The van der Waals surface area contributed by atoms with Crippen LogP contribution in [0.5, 0.6) is 0 Å². The molecule has 9 heteroatoms. The van der Waals surface area contributed by atoms with E-state index in [1.807, 2.05) is 47.8 Å². The molecule has 4 N–H and O–H groups in total. The van der Waals surface area contributed by atoms with Crippen molar-refractivity contribution >= 4 is 34.9 Å². The Morgan fingerprint density at radius 1 is 0.972 bits per heavy atom. The van der Waals surface area contributed by atoms with Crippen LogP contribution >= 0.6 is 11.3 Å². The maximum Gasteiger partial charge on any atom is 0.408 e. The smallest absolute Gasteiger partial charge is 0.408 e. The summed E-state index contributed by atoms with van der Waals surface area (Å²) < 4.78 is 5.28. The number of hydrogen-bond donors (Lipinski definition) is 4. The number of carbonyl (C=O) groups is 3. The van der Waals surface area contributed by atoms with Crippen molar-refractivity contribution in [1.82, 2.24) is 10.6 Å². The number of hydrogen-bond acceptors (Lipinski definition) is 6. The fourth-order valence-corrected chi connectivity index (χ4v) is 4.24. The van der Waals surface area contributed by atoms with Crippen LogP contribution < -0.4 is 16.0 Å². The number of aliphatic hydroxyl groups is 1. The standard InChI is InChI=1S/C27H31N3O5S/c1-19(31)28-16-6-5-10-23(30-27(34)35-18-20-8-3-2-4-9-20)26(33)29-22-14-12-21(13-15-22)25(32)24-11-7-17-36-24/h2-4,7-9,11-15,17,23,25,32H,5-6,10,16,18H2,1H3,(H,28,31)(H,29,33)(H,30,34)/t23-,25?/m0/s1. The molecule has 0 saturated heterocycles. The van der Waals surface area contributed by atoms with Gasteiger partial charge in [-0.05, 0) is 54.0 Å². The predicted octanol–water partition coefficient (Wildman–Crippen LogP) is 4.37. The van der Waals surface area contributed by atoms with E-state index < -0.39 is 18.2 Å². The molecule has 0 bridgehead atoms. The fraction of sp³-hybridized carbons (Fsp3) is 0.296. The highest BCUT2D eigenvalue weighted by molar-refractivity contribution is 7.10. The van der Waals surface area contributed by atoms with Gasteiger partial charge in [0, 0.05) is 24.0 Å². The van der Waals surface area contributed by atoms with Gasteiger partial charge in [0.25, 0.3) is 0 Å². The number of thiophene rings is 1. The minimum Gasteiger partial charge on any atom is -0.445 e. The molecule has 0 saturated carbocycles. The Hall–Kier alpha value is -3.69. The summed E-state index contributed by atoms with van der Waals surface area (Å²) in [6, 6.07) is 19.1. The highest BCUT2D eigenvalue weighted by atomic mass is 32.1. The van der Waals surface area contributed by atoms with Crippen LogP contribution in [0.15, 0.2) is 72.1 Å². The summed E-state index contributed by atoms with van der Waals surface area (Å²) in [6.45, 7) is 2.04. The first-order chi connectivity index (χ1) is 17.4. The van der Waals surface area contributed by atoms with E-state index in [9.17, 15) is 19.5 Å². The molecule has 1 heterocycles. The van der Waals surface area contributed by atoms with E-state index in [0.29, 0.717) is 37.1 Å². The third kappa shape index (κ3) is 8.83. The minimum atomic E-state index is -0.818. The maximum absolute atomic E-state index is 13.0. The normalized spacial score (nSPS) is 12.3. The molecular formula is C27H31N3O5S. The molecule has 3 amide bonds. The largest absolute Gasteiger partial charge is 0.445 e. The van der Waals surface area contributed by atoms with Crippen LogP contribution in [0.1, 0.15) is 48.3 Å². The van der Waals surface area contributed by atoms with E-state index in [4.69, 9.17) is 4.74 Å². The van der Waals surface area contributed by atoms with Gasteiger partial charge >= 0.3 is 6.09 Å². The highest BCUT2D eigenvalue weighted by Crippen LogP contribution is 2.26. The number of unbranched alkanes of at least 4 members (excludes halogenated alkanes) is 1. The fourth-order valence-electron chi connectivity index (χ4n) is 3.50. The van der Waals surface area contributed by atoms with Crippen LogP contribution in [-0.2, 0) is 20.9 Å². The third-order valence-corrected chi connectivity index (χ3v) is 6.35. The lowest BCUT2D eigenvalue weighted by Crippen LogP contribution is -2.44. The quantitative estimate of drug-likeness (QED) is 0.271. The van der Waals surface area contributed by atoms with Crippen LogP contribution in [0.3, 0.4) is 0 Å². The van der Waals surface area contributed by atoms with Crippen LogP contribution in [0.25, 0.3) is 0 Å². The van der Waals surface area contributed by atoms with E-state index in [2.05, 4.69) is 16.0 Å². The monoisotopic (exact) mass is 509 g/mol. The van der Waals surface area contributed by atoms with Crippen LogP contribution in [0, 0.1) is 0 Å². The molecule has 0 radical (unpaired) electrons. The molecule has 0 spiro atoms. The summed E-state index contributed by atoms with van der Waals surface area (Å²) in [4.78, 5) is 37.3. The van der Waals surface area contributed by atoms with Crippen molar-refractivity contribution in [3.63, 3.8) is 0 Å². The van der Waals surface area contributed by atoms with Gasteiger partial charge in [-0.3, -0.25) is 9.59 Å². The molecule has 0 aliphatic heterocycles. The topological polar surface area (TPSA) is 117 Å². The number of carbonyl (C=O) groups excluding carboxylic acids is 3. The first-order valence-electron chi connectivity index (χ1n) is 11.8. The number of rotatable bonds is 12. The van der Waals surface area contributed by atoms with Gasteiger partial charge in [-0.15, -0.1) is 11.3 Å². The number of amides is 3. The Bertz CT molecular complexity index is 1100. The number of ether oxygens (including phenoxy) is 1. The Balaban J connectivity index is 1.57.